The van der Waals surface area contributed by atoms with Crippen LogP contribution in [-0.2, 0) is 4.74 Å². The van der Waals surface area contributed by atoms with E-state index in [0.717, 1.165) is 37.6 Å². The molecule has 2 N–H and O–H groups in total. The second-order valence-electron chi connectivity index (χ2n) is 5.74. The predicted octanol–water partition coefficient (Wildman–Crippen LogP) is 3.44. The number of halogens is 1. The fourth-order valence-electron chi connectivity index (χ4n) is 2.70. The van der Waals surface area contributed by atoms with Crippen molar-refractivity contribution >= 4 is 35.6 Å². The number of methoxy groups -OCH3 is 3. The number of ether oxygens (including phenoxy) is 4. The Bertz CT molecular complexity index is 625. The average molecular weight is 491 g/mol. The lowest BCUT2D eigenvalue weighted by Crippen LogP contribution is -2.30. The fraction of sp³-hybridized carbons (Fsp3) is 0.526. The fourth-order valence-corrected chi connectivity index (χ4v) is 2.70. The summed E-state index contributed by atoms with van der Waals surface area (Å²) in [6, 6.07) is 3.71. The van der Waals surface area contributed by atoms with E-state index in [1.165, 1.54) is 5.57 Å². The first-order chi connectivity index (χ1) is 12.7. The molecule has 0 fully saturated rings. The number of hydrogen-bond donors (Lipinski definition) is 2. The van der Waals surface area contributed by atoms with Gasteiger partial charge in [-0.15, -0.1) is 24.0 Å². The van der Waals surface area contributed by atoms with Gasteiger partial charge in [-0.1, -0.05) is 11.6 Å². The summed E-state index contributed by atoms with van der Waals surface area (Å²) < 4.78 is 21.5. The molecule has 0 amide bonds. The molecule has 0 aliphatic carbocycles. The number of guanidine groups is 1. The standard InChI is InChI=1S/C19H29N3O4.HI/c1-5-20-19(21-9-6-14-7-10-26-11-8-14)22-15-12-16(23-2)18(25-4)17(13-15)24-3;/h7,12-13H,5-6,8-11H2,1-4H3,(H2,20,21,22);1H. The van der Waals surface area contributed by atoms with Crippen molar-refractivity contribution in [2.24, 2.45) is 4.99 Å². The lowest BCUT2D eigenvalue weighted by Gasteiger charge is -2.17. The van der Waals surface area contributed by atoms with Crippen LogP contribution in [0.15, 0.2) is 28.8 Å². The largest absolute Gasteiger partial charge is 0.493 e. The summed E-state index contributed by atoms with van der Waals surface area (Å²) in [5, 5.41) is 6.55. The Morgan fingerprint density at radius 1 is 1.15 bits per heavy atom. The minimum Gasteiger partial charge on any atom is -0.493 e. The quantitative estimate of drug-likeness (QED) is 0.251. The van der Waals surface area contributed by atoms with Crippen molar-refractivity contribution in [2.45, 2.75) is 19.8 Å². The molecule has 1 aliphatic rings. The molecule has 2 rings (SSSR count). The van der Waals surface area contributed by atoms with E-state index in [0.29, 0.717) is 30.4 Å². The van der Waals surface area contributed by atoms with E-state index < -0.39 is 0 Å². The first-order valence-corrected chi connectivity index (χ1v) is 8.82. The average Bonchev–Trinajstić information content (AvgIpc) is 2.68. The summed E-state index contributed by atoms with van der Waals surface area (Å²) in [5.74, 6) is 2.47. The molecule has 27 heavy (non-hydrogen) atoms. The molecule has 0 saturated carbocycles. The van der Waals surface area contributed by atoms with Crippen molar-refractivity contribution in [3.05, 3.63) is 23.8 Å². The number of rotatable bonds is 8. The number of benzene rings is 1. The minimum absolute atomic E-state index is 0. The van der Waals surface area contributed by atoms with E-state index >= 15 is 0 Å². The highest BCUT2D eigenvalue weighted by molar-refractivity contribution is 14.0. The van der Waals surface area contributed by atoms with Crippen LogP contribution < -0.4 is 24.8 Å². The zero-order valence-corrected chi connectivity index (χ0v) is 18.8. The third-order valence-electron chi connectivity index (χ3n) is 4.03. The molecule has 0 radical (unpaired) electrons. The Balaban J connectivity index is 0.00000364. The molecule has 0 saturated heterocycles. The van der Waals surface area contributed by atoms with Crippen molar-refractivity contribution in [1.82, 2.24) is 5.32 Å². The van der Waals surface area contributed by atoms with Crippen LogP contribution in [0, 0.1) is 0 Å². The Kier molecular flexibility index (Phi) is 11.0. The first-order valence-electron chi connectivity index (χ1n) is 8.82. The van der Waals surface area contributed by atoms with Crippen molar-refractivity contribution in [3.8, 4) is 17.2 Å². The van der Waals surface area contributed by atoms with E-state index in [2.05, 4.69) is 21.7 Å². The van der Waals surface area contributed by atoms with Gasteiger partial charge in [0, 0.05) is 30.9 Å². The van der Waals surface area contributed by atoms with Crippen LogP contribution in [0.4, 0.5) is 5.69 Å². The summed E-state index contributed by atoms with van der Waals surface area (Å²) in [6.07, 6.45) is 4.08. The Labute approximate surface area is 178 Å². The molecule has 152 valence electrons. The van der Waals surface area contributed by atoms with Crippen LogP contribution in [-0.4, -0.2) is 53.6 Å². The highest BCUT2D eigenvalue weighted by Crippen LogP contribution is 2.39. The maximum atomic E-state index is 5.40. The van der Waals surface area contributed by atoms with Crippen LogP contribution >= 0.6 is 24.0 Å². The van der Waals surface area contributed by atoms with E-state index in [9.17, 15) is 0 Å². The van der Waals surface area contributed by atoms with Gasteiger partial charge in [-0.25, -0.2) is 0 Å². The summed E-state index contributed by atoms with van der Waals surface area (Å²) in [4.78, 5) is 4.66. The Hall–Kier alpha value is -1.68. The topological polar surface area (TPSA) is 73.3 Å². The lowest BCUT2D eigenvalue weighted by atomic mass is 10.1. The monoisotopic (exact) mass is 491 g/mol. The van der Waals surface area contributed by atoms with Crippen LogP contribution in [0.2, 0.25) is 0 Å². The molecule has 0 aromatic heterocycles. The van der Waals surface area contributed by atoms with Crippen molar-refractivity contribution < 1.29 is 18.9 Å². The molecule has 1 aromatic carbocycles. The molecule has 0 bridgehead atoms. The van der Waals surface area contributed by atoms with Crippen molar-refractivity contribution in [2.75, 3.05) is 52.9 Å². The molecule has 0 unspecified atom stereocenters. The van der Waals surface area contributed by atoms with Crippen LogP contribution in [0.25, 0.3) is 0 Å². The summed E-state index contributed by atoms with van der Waals surface area (Å²) in [6.45, 7) is 5.04. The van der Waals surface area contributed by atoms with Crippen molar-refractivity contribution in [3.63, 3.8) is 0 Å². The maximum absolute atomic E-state index is 5.40. The molecule has 8 heteroatoms. The maximum Gasteiger partial charge on any atom is 0.203 e. The van der Waals surface area contributed by atoms with Crippen LogP contribution in [0.5, 0.6) is 17.2 Å². The molecule has 7 nitrogen and oxygen atoms in total. The molecule has 1 aliphatic heterocycles. The SMILES string of the molecule is CCNC(=NCCC1=CCOCC1)Nc1cc(OC)c(OC)c(OC)c1.I. The number of nitrogens with one attached hydrogen (secondary N) is 2. The number of anilines is 1. The zero-order valence-electron chi connectivity index (χ0n) is 16.5. The Morgan fingerprint density at radius 2 is 1.85 bits per heavy atom. The van der Waals surface area contributed by atoms with Gasteiger partial charge in [-0.2, -0.15) is 0 Å². The van der Waals surface area contributed by atoms with E-state index in [-0.39, 0.29) is 24.0 Å². The van der Waals surface area contributed by atoms with E-state index in [4.69, 9.17) is 18.9 Å². The molecular weight excluding hydrogens is 461 g/mol. The highest BCUT2D eigenvalue weighted by atomic mass is 127. The second kappa shape index (κ2) is 12.7. The second-order valence-corrected chi connectivity index (χ2v) is 5.74. The predicted molar refractivity (Wildman–Crippen MR) is 119 cm³/mol. The smallest absolute Gasteiger partial charge is 0.203 e. The van der Waals surface area contributed by atoms with E-state index in [1.807, 2.05) is 19.1 Å². The van der Waals surface area contributed by atoms with Gasteiger partial charge < -0.3 is 29.6 Å². The number of hydrogen-bond acceptors (Lipinski definition) is 5. The minimum atomic E-state index is 0. The third-order valence-corrected chi connectivity index (χ3v) is 4.03. The van der Waals surface area contributed by atoms with Crippen molar-refractivity contribution in [1.29, 1.82) is 0 Å². The first kappa shape index (κ1) is 23.4. The highest BCUT2D eigenvalue weighted by Gasteiger charge is 2.14. The van der Waals surface area contributed by atoms with Gasteiger partial charge in [0.15, 0.2) is 17.5 Å². The number of aliphatic imine (C=N–C) groups is 1. The zero-order chi connectivity index (χ0) is 18.8. The van der Waals surface area contributed by atoms with E-state index in [1.54, 1.807) is 21.3 Å². The summed E-state index contributed by atoms with van der Waals surface area (Å²) >= 11 is 0. The van der Waals surface area contributed by atoms with Gasteiger partial charge in [0.25, 0.3) is 0 Å². The van der Waals surface area contributed by atoms with Crippen LogP contribution in [0.1, 0.15) is 19.8 Å². The summed E-state index contributed by atoms with van der Waals surface area (Å²) in [5.41, 5.74) is 2.22. The Morgan fingerprint density at radius 3 is 2.37 bits per heavy atom. The third kappa shape index (κ3) is 7.10. The van der Waals surface area contributed by atoms with Gasteiger partial charge in [0.1, 0.15) is 0 Å². The lowest BCUT2D eigenvalue weighted by molar-refractivity contribution is 0.153. The van der Waals surface area contributed by atoms with Gasteiger partial charge in [-0.3, -0.25) is 4.99 Å². The molecule has 1 aromatic rings. The molecule has 0 spiro atoms. The van der Waals surface area contributed by atoms with Gasteiger partial charge in [0.05, 0.1) is 34.5 Å². The number of nitrogens with zero attached hydrogens (tertiary/aromatic N) is 1. The molecular formula is C19H30IN3O4. The van der Waals surface area contributed by atoms with Gasteiger partial charge in [-0.05, 0) is 19.8 Å². The summed E-state index contributed by atoms with van der Waals surface area (Å²) in [7, 11) is 4.79. The molecule has 1 heterocycles. The molecule has 0 atom stereocenters. The normalized spacial score (nSPS) is 13.9. The van der Waals surface area contributed by atoms with Crippen LogP contribution in [0.3, 0.4) is 0 Å². The van der Waals surface area contributed by atoms with Gasteiger partial charge in [0.2, 0.25) is 5.75 Å². The van der Waals surface area contributed by atoms with Gasteiger partial charge >= 0.3 is 0 Å².